The summed E-state index contributed by atoms with van der Waals surface area (Å²) in [5.74, 6) is -1.02. The fourth-order valence-corrected chi connectivity index (χ4v) is 3.60. The van der Waals surface area contributed by atoms with Crippen molar-refractivity contribution in [3.05, 3.63) is 81.2 Å². The summed E-state index contributed by atoms with van der Waals surface area (Å²) in [6.45, 7) is 2.12. The van der Waals surface area contributed by atoms with Crippen LogP contribution in [-0.2, 0) is 11.2 Å². The molecule has 10 heteroatoms. The molecule has 1 aromatic heterocycles. The maximum atomic E-state index is 13.5. The lowest BCUT2D eigenvalue weighted by atomic mass is 10.0. The predicted octanol–water partition coefficient (Wildman–Crippen LogP) is 2.97. The Balaban J connectivity index is 1.80. The number of fused-ring (bicyclic) bond motifs is 1. The molecule has 4 rings (SSSR count). The highest BCUT2D eigenvalue weighted by atomic mass is 16.6. The Hall–Kier alpha value is -4.34. The predicted molar refractivity (Wildman–Crippen MR) is 113 cm³/mol. The summed E-state index contributed by atoms with van der Waals surface area (Å²) in [4.78, 5) is 48.8. The Bertz CT molecular complexity index is 1210. The van der Waals surface area contributed by atoms with Crippen LogP contribution >= 0.6 is 0 Å². The van der Waals surface area contributed by atoms with E-state index >= 15 is 0 Å². The number of carbonyl (C=O) groups excluding carboxylic acids is 3. The van der Waals surface area contributed by atoms with E-state index in [-0.39, 0.29) is 30.2 Å². The lowest BCUT2D eigenvalue weighted by molar-refractivity contribution is -0.384. The van der Waals surface area contributed by atoms with Crippen molar-refractivity contribution < 1.29 is 24.0 Å². The molecule has 1 aliphatic heterocycles. The minimum atomic E-state index is -0.622. The van der Waals surface area contributed by atoms with Crippen molar-refractivity contribution in [3.63, 3.8) is 0 Å². The number of hydrogen-bond donors (Lipinski definition) is 0. The molecule has 0 aliphatic carbocycles. The summed E-state index contributed by atoms with van der Waals surface area (Å²) < 4.78 is 6.48. The van der Waals surface area contributed by atoms with Crippen LogP contribution in [0, 0.1) is 10.1 Å². The number of nitro groups is 1. The molecule has 162 valence electrons. The quantitative estimate of drug-likeness (QED) is 0.253. The molecular weight excluding hydrogens is 416 g/mol. The minimum Gasteiger partial charge on any atom is -0.461 e. The van der Waals surface area contributed by atoms with Gasteiger partial charge in [0.05, 0.1) is 17.2 Å². The van der Waals surface area contributed by atoms with Crippen LogP contribution in [0.1, 0.15) is 43.8 Å². The van der Waals surface area contributed by atoms with Gasteiger partial charge in [0, 0.05) is 35.5 Å². The highest BCUT2D eigenvalue weighted by molar-refractivity contribution is 6.09. The fraction of sp³-hybridized carbons (Fsp3) is 0.182. The van der Waals surface area contributed by atoms with Crippen molar-refractivity contribution >= 4 is 29.5 Å². The van der Waals surface area contributed by atoms with E-state index in [0.29, 0.717) is 35.2 Å². The van der Waals surface area contributed by atoms with E-state index in [9.17, 15) is 24.5 Å². The number of hydrogen-bond acceptors (Lipinski definition) is 7. The number of esters is 1. The smallest absolute Gasteiger partial charge is 0.359 e. The highest BCUT2D eigenvalue weighted by Crippen LogP contribution is 2.30. The molecule has 0 spiro atoms. The molecule has 0 saturated heterocycles. The van der Waals surface area contributed by atoms with Gasteiger partial charge in [-0.2, -0.15) is 5.10 Å². The van der Waals surface area contributed by atoms with E-state index in [4.69, 9.17) is 4.74 Å². The number of carbonyl (C=O) groups is 3. The molecule has 0 N–H and O–H groups in total. The SMILES string of the molecule is CCOC(=O)c1nn(-c2ccc(C=O)cc2)c2c1CCN(c1ccc([N+](=O)[O-])cc1)C2=O. The lowest BCUT2D eigenvalue weighted by Gasteiger charge is -2.27. The number of rotatable bonds is 6. The standard InChI is InChI=1S/C22H18N4O6/c1-2-32-22(29)19-18-11-12-24(15-7-9-17(10-8-15)26(30)31)21(28)20(18)25(23-19)16-5-3-14(13-27)4-6-16/h3-10,13H,2,11-12H2,1H3. The van der Waals surface area contributed by atoms with Crippen LogP contribution < -0.4 is 4.90 Å². The lowest BCUT2D eigenvalue weighted by Crippen LogP contribution is -2.39. The van der Waals surface area contributed by atoms with Gasteiger partial charge in [-0.25, -0.2) is 9.48 Å². The van der Waals surface area contributed by atoms with Crippen molar-refractivity contribution in [1.82, 2.24) is 9.78 Å². The molecular formula is C22H18N4O6. The van der Waals surface area contributed by atoms with Crippen molar-refractivity contribution in [2.75, 3.05) is 18.1 Å². The monoisotopic (exact) mass is 434 g/mol. The van der Waals surface area contributed by atoms with E-state index in [2.05, 4.69) is 5.10 Å². The number of non-ortho nitro benzene ring substituents is 1. The van der Waals surface area contributed by atoms with E-state index in [1.165, 1.54) is 33.8 Å². The summed E-state index contributed by atoms with van der Waals surface area (Å²) in [6.07, 6.45) is 1.05. The molecule has 1 aliphatic rings. The average molecular weight is 434 g/mol. The molecule has 0 fully saturated rings. The number of benzene rings is 2. The van der Waals surface area contributed by atoms with E-state index in [0.717, 1.165) is 0 Å². The summed E-state index contributed by atoms with van der Waals surface area (Å²) in [6, 6.07) is 12.1. The van der Waals surface area contributed by atoms with Gasteiger partial charge in [-0.05, 0) is 49.7 Å². The molecule has 0 saturated carbocycles. The van der Waals surface area contributed by atoms with Gasteiger partial charge < -0.3 is 9.64 Å². The summed E-state index contributed by atoms with van der Waals surface area (Å²) in [7, 11) is 0. The number of nitro benzene ring substituents is 1. The summed E-state index contributed by atoms with van der Waals surface area (Å²) in [5, 5.41) is 15.3. The zero-order valence-corrected chi connectivity index (χ0v) is 17.1. The molecule has 1 amide bonds. The zero-order valence-electron chi connectivity index (χ0n) is 17.1. The van der Waals surface area contributed by atoms with E-state index < -0.39 is 16.8 Å². The van der Waals surface area contributed by atoms with Crippen LogP contribution in [0.3, 0.4) is 0 Å². The normalized spacial score (nSPS) is 12.9. The second-order valence-corrected chi connectivity index (χ2v) is 7.00. The van der Waals surface area contributed by atoms with Crippen LogP contribution in [0.5, 0.6) is 0 Å². The minimum absolute atomic E-state index is 0.0676. The number of nitrogens with zero attached hydrogens (tertiary/aromatic N) is 4. The van der Waals surface area contributed by atoms with Crippen molar-refractivity contribution in [2.24, 2.45) is 0 Å². The van der Waals surface area contributed by atoms with Crippen LogP contribution in [0.4, 0.5) is 11.4 Å². The first kappa shape index (κ1) is 20.9. The van der Waals surface area contributed by atoms with Gasteiger partial charge in [0.2, 0.25) is 0 Å². The van der Waals surface area contributed by atoms with Crippen molar-refractivity contribution in [3.8, 4) is 5.69 Å². The fourth-order valence-electron chi connectivity index (χ4n) is 3.60. The number of ether oxygens (including phenoxy) is 1. The third-order valence-corrected chi connectivity index (χ3v) is 5.13. The molecule has 10 nitrogen and oxygen atoms in total. The Morgan fingerprint density at radius 3 is 2.41 bits per heavy atom. The van der Waals surface area contributed by atoms with Gasteiger partial charge in [0.25, 0.3) is 11.6 Å². The first-order valence-corrected chi connectivity index (χ1v) is 9.85. The van der Waals surface area contributed by atoms with E-state index in [1.807, 2.05) is 0 Å². The molecule has 2 aromatic carbocycles. The third kappa shape index (κ3) is 3.62. The maximum absolute atomic E-state index is 13.5. The van der Waals surface area contributed by atoms with Crippen LogP contribution in [0.15, 0.2) is 48.5 Å². The Kier molecular flexibility index (Phi) is 5.50. The van der Waals surface area contributed by atoms with Crippen LogP contribution in [0.2, 0.25) is 0 Å². The van der Waals surface area contributed by atoms with Gasteiger partial charge in [-0.1, -0.05) is 0 Å². The largest absolute Gasteiger partial charge is 0.461 e. The average Bonchev–Trinajstić information content (AvgIpc) is 3.20. The number of aldehydes is 1. The first-order chi connectivity index (χ1) is 15.4. The van der Waals surface area contributed by atoms with E-state index in [1.54, 1.807) is 31.2 Å². The maximum Gasteiger partial charge on any atom is 0.359 e. The van der Waals surface area contributed by atoms with Gasteiger partial charge in [-0.15, -0.1) is 0 Å². The van der Waals surface area contributed by atoms with Gasteiger partial charge in [0.1, 0.15) is 12.0 Å². The molecule has 2 heterocycles. The number of amides is 1. The molecule has 0 atom stereocenters. The second kappa shape index (κ2) is 8.42. The molecule has 32 heavy (non-hydrogen) atoms. The van der Waals surface area contributed by atoms with Crippen molar-refractivity contribution in [2.45, 2.75) is 13.3 Å². The van der Waals surface area contributed by atoms with Crippen LogP contribution in [0.25, 0.3) is 5.69 Å². The van der Waals surface area contributed by atoms with Crippen molar-refractivity contribution in [1.29, 1.82) is 0 Å². The number of anilines is 1. The number of aromatic nitrogens is 2. The third-order valence-electron chi connectivity index (χ3n) is 5.13. The molecule has 0 radical (unpaired) electrons. The Morgan fingerprint density at radius 2 is 1.81 bits per heavy atom. The Morgan fingerprint density at radius 1 is 1.16 bits per heavy atom. The zero-order chi connectivity index (χ0) is 22.8. The molecule has 3 aromatic rings. The summed E-state index contributed by atoms with van der Waals surface area (Å²) in [5.41, 5.74) is 2.12. The van der Waals surface area contributed by atoms with Crippen LogP contribution in [-0.4, -0.2) is 46.0 Å². The summed E-state index contributed by atoms with van der Waals surface area (Å²) >= 11 is 0. The van der Waals surface area contributed by atoms with Gasteiger partial charge >= 0.3 is 5.97 Å². The Labute approximate surface area is 182 Å². The van der Waals surface area contributed by atoms with Gasteiger partial charge in [-0.3, -0.25) is 19.7 Å². The highest BCUT2D eigenvalue weighted by Gasteiger charge is 2.35. The first-order valence-electron chi connectivity index (χ1n) is 9.85. The molecule has 0 bridgehead atoms. The topological polar surface area (TPSA) is 125 Å². The molecule has 0 unspecified atom stereocenters. The van der Waals surface area contributed by atoms with Gasteiger partial charge in [0.15, 0.2) is 5.69 Å². The second-order valence-electron chi connectivity index (χ2n) is 7.00.